The van der Waals surface area contributed by atoms with E-state index in [0.29, 0.717) is 58.7 Å². The number of carbonyl (C=O) groups is 18. The number of thioether (sulfide) groups is 1. The summed E-state index contributed by atoms with van der Waals surface area (Å²) in [5, 5.41) is 61.0. The van der Waals surface area contributed by atoms with Crippen LogP contribution in [0.25, 0.3) is 21.0 Å². The van der Waals surface area contributed by atoms with Gasteiger partial charge in [-0.3, -0.25) is 86.3 Å². The minimum Gasteiger partial charge on any atom is -0.508 e. The van der Waals surface area contributed by atoms with Crippen molar-refractivity contribution in [3.63, 3.8) is 0 Å². The second-order valence-corrected chi connectivity index (χ2v) is 35.2. The second kappa shape index (κ2) is 48.7. The molecule has 0 radical (unpaired) electrons. The van der Waals surface area contributed by atoms with Crippen LogP contribution in [0.1, 0.15) is 134 Å². The van der Waals surface area contributed by atoms with Gasteiger partial charge in [0, 0.05) is 112 Å². The fourth-order valence-electron chi connectivity index (χ4n) is 16.1. The largest absolute Gasteiger partial charge is 0.508 e. The van der Waals surface area contributed by atoms with Crippen LogP contribution in [0.2, 0.25) is 0 Å². The highest BCUT2D eigenvalue weighted by Crippen LogP contribution is 2.30. The van der Waals surface area contributed by atoms with Crippen LogP contribution >= 0.6 is 23.1 Å². The number of benzene rings is 3. The van der Waals surface area contributed by atoms with Gasteiger partial charge in [-0.15, -0.1) is 23.1 Å². The first-order valence-electron chi connectivity index (χ1n) is 43.8. The number of carboxylic acid groups (broad SMARTS) is 1. The predicted molar refractivity (Wildman–Crippen MR) is 484 cm³/mol. The summed E-state index contributed by atoms with van der Waals surface area (Å²) in [7, 11) is 3.93. The number of aliphatic hydroxyl groups excluding tert-OH is 1. The van der Waals surface area contributed by atoms with Crippen LogP contribution in [0.3, 0.4) is 0 Å². The quantitative estimate of drug-likeness (QED) is 0.0304. The molecule has 42 nitrogen and oxygen atoms in total. The number of likely N-dealkylation sites (N-methyl/N-ethyl adjacent to an activating group) is 3. The highest BCUT2D eigenvalue weighted by atomic mass is 32.2. The minimum absolute atomic E-state index is 0.0115. The van der Waals surface area contributed by atoms with Crippen molar-refractivity contribution in [2.45, 2.75) is 228 Å². The number of fused-ring (bicyclic) bond motifs is 4. The molecule has 17 amide bonds. The highest BCUT2D eigenvalue weighted by molar-refractivity contribution is 8.00. The number of nitrogens with one attached hydrogen (secondary N) is 12. The zero-order valence-electron chi connectivity index (χ0n) is 74.6. The van der Waals surface area contributed by atoms with Crippen molar-refractivity contribution in [3.05, 3.63) is 119 Å². The van der Waals surface area contributed by atoms with E-state index in [1.165, 1.54) is 88.0 Å². The molecule has 0 spiro atoms. The molecule has 21 N–H and O–H groups in total. The van der Waals surface area contributed by atoms with Crippen LogP contribution < -0.4 is 70.4 Å². The lowest BCUT2D eigenvalue weighted by Crippen LogP contribution is -2.61. The van der Waals surface area contributed by atoms with Gasteiger partial charge in [-0.25, -0.2) is 4.98 Å². The summed E-state index contributed by atoms with van der Waals surface area (Å²) >= 11 is 2.10. The van der Waals surface area contributed by atoms with Crippen molar-refractivity contribution in [1.82, 2.24) is 92.6 Å². The molecule has 0 bridgehead atoms. The molecule has 9 rings (SSSR count). The number of amides is 17. The van der Waals surface area contributed by atoms with Crippen LogP contribution in [-0.2, 0) is 112 Å². The maximum atomic E-state index is 15.6. The Balaban J connectivity index is 1.09. The normalized spacial score (nSPS) is 25.0. The van der Waals surface area contributed by atoms with Crippen molar-refractivity contribution in [2.24, 2.45) is 17.2 Å². The molecule has 714 valence electrons. The number of unbranched alkanes of at least 4 members (excludes halogenated alkanes) is 2. The van der Waals surface area contributed by atoms with E-state index in [1.54, 1.807) is 54.0 Å². The van der Waals surface area contributed by atoms with E-state index in [9.17, 15) is 68.1 Å². The molecule has 3 fully saturated rings. The maximum Gasteiger partial charge on any atom is 0.303 e. The zero-order chi connectivity index (χ0) is 96.3. The molecular formula is C88H119N21O21S2. The molecule has 44 heteroatoms. The Kier molecular flexibility index (Phi) is 37.9. The molecule has 0 aliphatic carbocycles. The number of phenols is 1. The zero-order valence-corrected chi connectivity index (χ0v) is 76.2. The van der Waals surface area contributed by atoms with E-state index >= 15 is 33.6 Å². The average Bonchev–Trinajstić information content (AvgIpc) is 1.72. The Hall–Kier alpha value is -13.1. The molecule has 3 aromatic heterocycles. The molecule has 3 saturated heterocycles. The number of nitrogens with zero attached hydrogens (tertiary/aromatic N) is 6. The number of nitrogens with two attached hydrogens (primary N) is 3. The SMILES string of the molecule is CCCC[C@H]1C(=O)N(C)[C@@H](CCCC)C(=O)N[C@@H](CCN)C(=O)N[C@H](C(=O)NCC(N)=O)CSCC(=O)NC(Cc2ccc(O)cc2)C(=O)N(C)[C@@H](C)C(=O)N[C@@H](CC(N)=O)C(=O)N2CCC[C@H]2C(=O)N[C@@H](Cc2cnc[nH]2)C(=O)N[C@@H](CCC(=O)O)C(=O)N2C[C@H](O)C[C@H]2C(=O)N[C@@H](Cc2csc3ccccc23)C(=O)N[C@@H](C)C(=O)N[C@@H](Cc2c[nH]c3ccccc23)C(=O)N1C. The lowest BCUT2D eigenvalue weighted by atomic mass is 10.00. The van der Waals surface area contributed by atoms with Gasteiger partial charge in [-0.05, 0) is 111 Å². The Morgan fingerprint density at radius 2 is 1.15 bits per heavy atom. The Morgan fingerprint density at radius 1 is 0.561 bits per heavy atom. The van der Waals surface area contributed by atoms with E-state index in [-0.39, 0.29) is 82.3 Å². The first kappa shape index (κ1) is 103. The number of primary amides is 2. The number of rotatable bonds is 24. The number of aliphatic hydroxyl groups is 1. The standard InChI is InChI=1S/C88H119N21O21S2/c1-8-10-20-66-81(123)98-58(30-31-89)78(120)104-65(77(119)94-41-72(91)113)44-131-45-73(114)97-62(33-49-24-26-53(110)27-25-49)84(126)105(5)48(4)76(118)103-64(38-71(90)112)87(129)108-32-16-22-67(108)82(124)101-61(36-52-40-92-46-95-52)80(122)99-59(28-29-74(115)116)86(128)109-42-54(111)37-69(109)83(125)100-60(35-51-43-132-70-23-15-13-18-56(51)70)79(121)96-47(3)75(117)102-63(34-50-39-93-57-19-14-12-17-55(50)57)85(127)107(7)68(21-11-9-2)88(130)106(66)6/h12-15,17-19,23-27,39-40,43,46-48,54,58-69,93,110-111H,8-11,16,20-22,28-38,41-42,44-45,89H2,1-7H3,(H2,90,112)(H2,91,113)(H,92,95)(H,94,119)(H,96,121)(H,97,114)(H,98,123)(H,99,122)(H,100,125)(H,101,124)(H,102,117)(H,103,118)(H,104,120)(H,115,116)/t47-,48-,54+,58-,59-,60-,61-,62?,63-,64-,65-,66-,67-,68-,69-/m0/s1. The third-order valence-corrected chi connectivity index (χ3v) is 25.6. The van der Waals surface area contributed by atoms with Crippen LogP contribution in [0.15, 0.2) is 96.9 Å². The van der Waals surface area contributed by atoms with E-state index in [1.807, 2.05) is 19.9 Å². The van der Waals surface area contributed by atoms with Gasteiger partial charge in [0.15, 0.2) is 0 Å². The molecule has 132 heavy (non-hydrogen) atoms. The van der Waals surface area contributed by atoms with Crippen LogP contribution in [0.4, 0.5) is 0 Å². The summed E-state index contributed by atoms with van der Waals surface area (Å²) in [5.74, 6) is -18.8. The number of para-hydroxylation sites is 1. The number of aliphatic carboxylic acids is 1. The number of H-pyrrole nitrogens is 2. The fourth-order valence-corrected chi connectivity index (χ4v) is 17.9. The number of aromatic nitrogens is 3. The number of aromatic amines is 2. The van der Waals surface area contributed by atoms with Crippen LogP contribution in [0, 0.1) is 0 Å². The fraction of sp³-hybridized carbons (Fsp3) is 0.511. The van der Waals surface area contributed by atoms with E-state index in [0.717, 1.165) is 36.1 Å². The minimum atomic E-state index is -1.82. The van der Waals surface area contributed by atoms with E-state index < -0.39 is 247 Å². The average molecular weight is 1870 g/mol. The topological polar surface area (TPSA) is 627 Å². The summed E-state index contributed by atoms with van der Waals surface area (Å²) < 4.78 is 0.798. The Labute approximate surface area is 769 Å². The second-order valence-electron chi connectivity index (χ2n) is 33.3. The first-order valence-corrected chi connectivity index (χ1v) is 45.8. The summed E-state index contributed by atoms with van der Waals surface area (Å²) in [5.41, 5.74) is 19.6. The summed E-state index contributed by atoms with van der Waals surface area (Å²) in [4.78, 5) is 276. The lowest BCUT2D eigenvalue weighted by molar-refractivity contribution is -0.149. The van der Waals surface area contributed by atoms with E-state index in [4.69, 9.17) is 17.2 Å². The number of hydrogen-bond donors (Lipinski definition) is 18. The number of carboxylic acids is 1. The van der Waals surface area contributed by atoms with Gasteiger partial charge >= 0.3 is 5.97 Å². The van der Waals surface area contributed by atoms with Crippen molar-refractivity contribution in [3.8, 4) is 5.75 Å². The van der Waals surface area contributed by atoms with Gasteiger partial charge in [-0.1, -0.05) is 88.1 Å². The molecular weight excluding hydrogens is 1750 g/mol. The molecule has 3 aliphatic rings. The number of aromatic hydroxyl groups is 1. The van der Waals surface area contributed by atoms with E-state index in [2.05, 4.69) is 68.1 Å². The predicted octanol–water partition coefficient (Wildman–Crippen LogP) is -2.26. The van der Waals surface area contributed by atoms with Gasteiger partial charge in [0.25, 0.3) is 0 Å². The van der Waals surface area contributed by atoms with Crippen LogP contribution in [0.5, 0.6) is 5.75 Å². The van der Waals surface area contributed by atoms with Gasteiger partial charge in [0.1, 0.15) is 90.3 Å². The third-order valence-electron chi connectivity index (χ3n) is 23.6. The van der Waals surface area contributed by atoms with Crippen molar-refractivity contribution in [2.75, 3.05) is 58.8 Å². The number of thiophene rings is 1. The highest BCUT2D eigenvalue weighted by Gasteiger charge is 2.47. The Bertz CT molecular complexity index is 5150. The number of hydrogen-bond acceptors (Lipinski definition) is 24. The molecule has 6 aromatic rings. The molecule has 15 atom stereocenters. The van der Waals surface area contributed by atoms with Crippen molar-refractivity contribution < 1.29 is 102 Å². The first-order chi connectivity index (χ1) is 62.9. The van der Waals surface area contributed by atoms with Crippen molar-refractivity contribution in [1.29, 1.82) is 0 Å². The maximum absolute atomic E-state index is 15.6. The summed E-state index contributed by atoms with van der Waals surface area (Å²) in [6.07, 6.45) is 0.569. The summed E-state index contributed by atoms with van der Waals surface area (Å²) in [6.45, 7) is 4.62. The van der Waals surface area contributed by atoms with Gasteiger partial charge in [-0.2, -0.15) is 0 Å². The number of carbonyl (C=O) groups excluding carboxylic acids is 17. The summed E-state index contributed by atoms with van der Waals surface area (Å²) in [6, 6.07) is -1.98. The third kappa shape index (κ3) is 28.0. The Morgan fingerprint density at radius 3 is 1.82 bits per heavy atom. The molecule has 6 heterocycles. The van der Waals surface area contributed by atoms with Gasteiger partial charge < -0.3 is 120 Å². The van der Waals surface area contributed by atoms with Crippen LogP contribution in [-0.4, -0.2) is 311 Å². The van der Waals surface area contributed by atoms with Gasteiger partial charge in [0.2, 0.25) is 100 Å². The number of phenolic OH excluding ortho intramolecular Hbond substituents is 1. The monoisotopic (exact) mass is 1870 g/mol. The molecule has 1 unspecified atom stereocenters. The smallest absolute Gasteiger partial charge is 0.303 e. The van der Waals surface area contributed by atoms with Gasteiger partial charge in [0.05, 0.1) is 31.1 Å². The molecule has 0 saturated carbocycles. The molecule has 3 aromatic carbocycles. The lowest BCUT2D eigenvalue weighted by Gasteiger charge is -2.36. The molecule has 3 aliphatic heterocycles. The number of imidazole rings is 1. The van der Waals surface area contributed by atoms with Crippen molar-refractivity contribution >= 4 is 150 Å².